The van der Waals surface area contributed by atoms with E-state index >= 15 is 0 Å². The van der Waals surface area contributed by atoms with E-state index in [-0.39, 0.29) is 17.7 Å². The van der Waals surface area contributed by atoms with Crippen LogP contribution < -0.4 is 15.4 Å². The molecule has 35 heavy (non-hydrogen) atoms. The van der Waals surface area contributed by atoms with Crippen LogP contribution in [-0.2, 0) is 9.59 Å². The van der Waals surface area contributed by atoms with Gasteiger partial charge in [-0.05, 0) is 24.3 Å². The van der Waals surface area contributed by atoms with Crippen molar-refractivity contribution in [3.63, 3.8) is 0 Å². The van der Waals surface area contributed by atoms with Crippen molar-refractivity contribution in [2.45, 2.75) is 26.7 Å². The standard InChI is InChI=1S/C26H23N5O3S/c1-15(32)28-17-10-8-16(9-11-17)20-13-12-19-22(18-6-4-5-7-21(18)34-23(19)29-20)26(2,3)24(33)30-25-31-27-14-35-25/h4-14,22H,1-3H3,(H,28,32)(H,30,31,33)/t22-/m0/s1. The van der Waals surface area contributed by atoms with Crippen molar-refractivity contribution in [2.75, 3.05) is 10.6 Å². The second-order valence-electron chi connectivity index (χ2n) is 8.84. The van der Waals surface area contributed by atoms with Crippen LogP contribution in [0.4, 0.5) is 10.8 Å². The van der Waals surface area contributed by atoms with Crippen molar-refractivity contribution in [2.24, 2.45) is 5.41 Å². The van der Waals surface area contributed by atoms with Gasteiger partial charge >= 0.3 is 0 Å². The van der Waals surface area contributed by atoms with Crippen LogP contribution in [0.15, 0.2) is 66.2 Å². The first-order valence-corrected chi connectivity index (χ1v) is 11.9. The number of aromatic nitrogens is 3. The van der Waals surface area contributed by atoms with Crippen LogP contribution in [0.3, 0.4) is 0 Å². The zero-order chi connectivity index (χ0) is 24.6. The summed E-state index contributed by atoms with van der Waals surface area (Å²) in [6, 6.07) is 19.1. The number of ether oxygens (including phenoxy) is 1. The lowest BCUT2D eigenvalue weighted by Crippen LogP contribution is -2.38. The topological polar surface area (TPSA) is 106 Å². The highest BCUT2D eigenvalue weighted by Gasteiger charge is 2.44. The van der Waals surface area contributed by atoms with Gasteiger partial charge in [-0.1, -0.05) is 61.6 Å². The number of hydrogen-bond acceptors (Lipinski definition) is 7. The third-order valence-electron chi connectivity index (χ3n) is 6.03. The Hall–Kier alpha value is -4.11. The average Bonchev–Trinajstić information content (AvgIpc) is 3.35. The maximum absolute atomic E-state index is 13.4. The fourth-order valence-electron chi connectivity index (χ4n) is 4.32. The number of anilines is 2. The average molecular weight is 486 g/mol. The number of carbonyl (C=O) groups is 2. The summed E-state index contributed by atoms with van der Waals surface area (Å²) >= 11 is 1.27. The molecular formula is C26H23N5O3S. The van der Waals surface area contributed by atoms with Crippen molar-refractivity contribution >= 4 is 34.0 Å². The molecule has 0 saturated heterocycles. The van der Waals surface area contributed by atoms with Gasteiger partial charge in [0.05, 0.1) is 11.1 Å². The lowest BCUT2D eigenvalue weighted by molar-refractivity contribution is -0.124. The number of rotatable bonds is 5. The summed E-state index contributed by atoms with van der Waals surface area (Å²) in [5, 5.41) is 13.9. The lowest BCUT2D eigenvalue weighted by atomic mass is 9.69. The van der Waals surface area contributed by atoms with Gasteiger partial charge in [-0.2, -0.15) is 0 Å². The van der Waals surface area contributed by atoms with Gasteiger partial charge in [0.2, 0.25) is 22.8 Å². The van der Waals surface area contributed by atoms with E-state index in [9.17, 15) is 9.59 Å². The van der Waals surface area contributed by atoms with E-state index in [0.717, 1.165) is 22.4 Å². The van der Waals surface area contributed by atoms with Gasteiger partial charge in [0.1, 0.15) is 11.3 Å². The number of nitrogens with zero attached hydrogens (tertiary/aromatic N) is 3. The van der Waals surface area contributed by atoms with Crippen LogP contribution >= 0.6 is 11.3 Å². The molecule has 0 radical (unpaired) electrons. The number of hydrogen-bond donors (Lipinski definition) is 2. The number of amides is 2. The fraction of sp³-hybridized carbons (Fsp3) is 0.192. The number of fused-ring (bicyclic) bond motifs is 2. The summed E-state index contributed by atoms with van der Waals surface area (Å²) in [6.07, 6.45) is 0. The second-order valence-corrected chi connectivity index (χ2v) is 9.68. The second kappa shape index (κ2) is 8.92. The highest BCUT2D eigenvalue weighted by molar-refractivity contribution is 7.13. The van der Waals surface area contributed by atoms with E-state index in [0.29, 0.717) is 22.4 Å². The van der Waals surface area contributed by atoms with Crippen LogP contribution in [0, 0.1) is 5.41 Å². The summed E-state index contributed by atoms with van der Waals surface area (Å²) in [7, 11) is 0. The van der Waals surface area contributed by atoms with Crippen molar-refractivity contribution in [3.8, 4) is 22.9 Å². The highest BCUT2D eigenvalue weighted by Crippen LogP contribution is 2.52. The zero-order valence-corrected chi connectivity index (χ0v) is 20.2. The maximum atomic E-state index is 13.4. The van der Waals surface area contributed by atoms with Crippen molar-refractivity contribution in [1.29, 1.82) is 0 Å². The Labute approximate surface area is 206 Å². The lowest BCUT2D eigenvalue weighted by Gasteiger charge is -2.37. The number of nitrogens with one attached hydrogen (secondary N) is 2. The monoisotopic (exact) mass is 485 g/mol. The molecule has 1 aliphatic heterocycles. The van der Waals surface area contributed by atoms with Crippen LogP contribution in [-0.4, -0.2) is 27.0 Å². The molecule has 0 bridgehead atoms. The fourth-order valence-corrected chi connectivity index (χ4v) is 4.76. The van der Waals surface area contributed by atoms with Crippen LogP contribution in [0.25, 0.3) is 11.3 Å². The summed E-state index contributed by atoms with van der Waals surface area (Å²) in [4.78, 5) is 29.5. The van der Waals surface area contributed by atoms with Crippen molar-refractivity contribution < 1.29 is 14.3 Å². The number of carbonyl (C=O) groups excluding carboxylic acids is 2. The van der Waals surface area contributed by atoms with Crippen LogP contribution in [0.1, 0.15) is 37.8 Å². The minimum absolute atomic E-state index is 0.125. The smallest absolute Gasteiger partial charge is 0.232 e. The van der Waals surface area contributed by atoms with Gasteiger partial charge in [-0.15, -0.1) is 10.2 Å². The molecule has 176 valence electrons. The Morgan fingerprint density at radius 2 is 1.74 bits per heavy atom. The molecule has 2 aromatic heterocycles. The third-order valence-corrected chi connectivity index (χ3v) is 6.63. The van der Waals surface area contributed by atoms with Crippen molar-refractivity contribution in [3.05, 3.63) is 77.3 Å². The first-order chi connectivity index (χ1) is 16.8. The molecule has 5 rings (SSSR count). The first kappa shape index (κ1) is 22.7. The molecule has 1 atom stereocenters. The van der Waals surface area contributed by atoms with Gasteiger partial charge in [0, 0.05) is 35.2 Å². The van der Waals surface area contributed by atoms with E-state index in [1.165, 1.54) is 18.3 Å². The predicted molar refractivity (Wildman–Crippen MR) is 135 cm³/mol. The predicted octanol–water partition coefficient (Wildman–Crippen LogP) is 5.46. The molecule has 3 heterocycles. The quantitative estimate of drug-likeness (QED) is 0.389. The maximum Gasteiger partial charge on any atom is 0.232 e. The van der Waals surface area contributed by atoms with Gasteiger partial charge in [-0.25, -0.2) is 4.98 Å². The molecule has 2 aromatic carbocycles. The van der Waals surface area contributed by atoms with Crippen molar-refractivity contribution in [1.82, 2.24) is 15.2 Å². The highest BCUT2D eigenvalue weighted by atomic mass is 32.1. The normalized spacial score (nSPS) is 14.3. The Bertz CT molecular complexity index is 1400. The minimum Gasteiger partial charge on any atom is -0.438 e. The molecule has 2 N–H and O–H groups in total. The van der Waals surface area contributed by atoms with Gasteiger partial charge in [-0.3, -0.25) is 9.59 Å². The molecule has 0 spiro atoms. The number of para-hydroxylation sites is 1. The molecule has 2 amide bonds. The van der Waals surface area contributed by atoms with Gasteiger partial charge in [0.15, 0.2) is 0 Å². The van der Waals surface area contributed by atoms with Crippen LogP contribution in [0.5, 0.6) is 11.6 Å². The molecule has 0 saturated carbocycles. The molecule has 9 heteroatoms. The molecular weight excluding hydrogens is 462 g/mol. The van der Waals surface area contributed by atoms with E-state index in [2.05, 4.69) is 20.8 Å². The SMILES string of the molecule is CC(=O)Nc1ccc(-c2ccc3c(n2)Oc2ccccc2[C@@H]3C(C)(C)C(=O)Nc2nncs2)cc1. The summed E-state index contributed by atoms with van der Waals surface area (Å²) in [6.45, 7) is 5.29. The minimum atomic E-state index is -0.844. The van der Waals surface area contributed by atoms with E-state index in [1.807, 2.05) is 74.5 Å². The molecule has 1 aliphatic rings. The largest absolute Gasteiger partial charge is 0.438 e. The Morgan fingerprint density at radius 3 is 2.46 bits per heavy atom. The molecule has 4 aromatic rings. The summed E-state index contributed by atoms with van der Waals surface area (Å²) in [5.74, 6) is 0.556. The number of pyridine rings is 1. The Balaban J connectivity index is 1.53. The van der Waals surface area contributed by atoms with E-state index in [4.69, 9.17) is 9.72 Å². The molecule has 8 nitrogen and oxygen atoms in total. The number of benzene rings is 2. The molecule has 0 fully saturated rings. The Kier molecular flexibility index (Phi) is 5.78. The van der Waals surface area contributed by atoms with E-state index < -0.39 is 5.41 Å². The van der Waals surface area contributed by atoms with Crippen LogP contribution in [0.2, 0.25) is 0 Å². The summed E-state index contributed by atoms with van der Waals surface area (Å²) in [5.41, 5.74) is 4.82. The molecule has 0 aliphatic carbocycles. The third kappa shape index (κ3) is 4.38. The van der Waals surface area contributed by atoms with Gasteiger partial charge < -0.3 is 15.4 Å². The summed E-state index contributed by atoms with van der Waals surface area (Å²) < 4.78 is 6.21. The van der Waals surface area contributed by atoms with Gasteiger partial charge in [0.25, 0.3) is 0 Å². The van der Waals surface area contributed by atoms with E-state index in [1.54, 1.807) is 5.51 Å². The Morgan fingerprint density at radius 1 is 0.971 bits per heavy atom. The zero-order valence-electron chi connectivity index (χ0n) is 19.4. The first-order valence-electron chi connectivity index (χ1n) is 11.1. The molecule has 0 unspecified atom stereocenters.